The maximum absolute atomic E-state index is 9.16. The van der Waals surface area contributed by atoms with Crippen LogP contribution in [0.25, 0.3) is 0 Å². The zero-order valence-corrected chi connectivity index (χ0v) is 11.2. The molecule has 1 aliphatic heterocycles. The summed E-state index contributed by atoms with van der Waals surface area (Å²) in [5, 5.41) is 12.4. The quantitative estimate of drug-likeness (QED) is 0.846. The molecule has 1 aromatic rings. The SMILES string of the molecule is COc1ccnc(CN2CCNCC2C#N)c1OC. The highest BCUT2D eigenvalue weighted by atomic mass is 16.5. The van der Waals surface area contributed by atoms with Crippen molar-refractivity contribution < 1.29 is 9.47 Å². The van der Waals surface area contributed by atoms with Crippen LogP contribution in [0.3, 0.4) is 0 Å². The minimum absolute atomic E-state index is 0.133. The molecule has 0 spiro atoms. The number of nitrogens with one attached hydrogen (secondary N) is 1. The molecule has 19 heavy (non-hydrogen) atoms. The van der Waals surface area contributed by atoms with Crippen LogP contribution in [0.4, 0.5) is 0 Å². The fourth-order valence-electron chi connectivity index (χ4n) is 2.22. The van der Waals surface area contributed by atoms with Crippen molar-refractivity contribution in [2.45, 2.75) is 12.6 Å². The zero-order chi connectivity index (χ0) is 13.7. The number of aromatic nitrogens is 1. The smallest absolute Gasteiger partial charge is 0.183 e. The highest BCUT2D eigenvalue weighted by Gasteiger charge is 2.24. The van der Waals surface area contributed by atoms with E-state index in [-0.39, 0.29) is 6.04 Å². The Morgan fingerprint density at radius 1 is 1.53 bits per heavy atom. The number of piperazine rings is 1. The van der Waals surface area contributed by atoms with E-state index in [1.165, 1.54) is 0 Å². The van der Waals surface area contributed by atoms with Gasteiger partial charge in [0.25, 0.3) is 0 Å². The average molecular weight is 262 g/mol. The molecule has 0 saturated carbocycles. The molecular formula is C13H18N4O2. The first-order valence-corrected chi connectivity index (χ1v) is 6.20. The van der Waals surface area contributed by atoms with Crippen molar-refractivity contribution in [2.75, 3.05) is 33.9 Å². The molecule has 0 aromatic carbocycles. The molecule has 1 N–H and O–H groups in total. The van der Waals surface area contributed by atoms with Gasteiger partial charge in [-0.3, -0.25) is 9.88 Å². The standard InChI is InChI=1S/C13H18N4O2/c1-18-12-3-4-16-11(13(12)19-2)9-17-6-5-15-8-10(17)7-14/h3-4,10,15H,5-6,8-9H2,1-2H3. The van der Waals surface area contributed by atoms with Gasteiger partial charge in [-0.2, -0.15) is 5.26 Å². The number of nitriles is 1. The summed E-state index contributed by atoms with van der Waals surface area (Å²) >= 11 is 0. The number of nitrogens with zero attached hydrogens (tertiary/aromatic N) is 3. The van der Waals surface area contributed by atoms with Crippen molar-refractivity contribution in [2.24, 2.45) is 0 Å². The summed E-state index contributed by atoms with van der Waals surface area (Å²) in [6.07, 6.45) is 1.69. The molecule has 2 rings (SSSR count). The van der Waals surface area contributed by atoms with Gasteiger partial charge in [0.05, 0.1) is 20.3 Å². The maximum Gasteiger partial charge on any atom is 0.183 e. The number of pyridine rings is 1. The first-order valence-electron chi connectivity index (χ1n) is 6.20. The molecule has 0 amide bonds. The lowest BCUT2D eigenvalue weighted by Crippen LogP contribution is -2.50. The molecule has 1 saturated heterocycles. The van der Waals surface area contributed by atoms with E-state index in [1.807, 2.05) is 0 Å². The lowest BCUT2D eigenvalue weighted by Gasteiger charge is -2.31. The van der Waals surface area contributed by atoms with E-state index < -0.39 is 0 Å². The third-order valence-corrected chi connectivity index (χ3v) is 3.22. The van der Waals surface area contributed by atoms with Crippen molar-refractivity contribution >= 4 is 0 Å². The van der Waals surface area contributed by atoms with Gasteiger partial charge in [0.15, 0.2) is 11.5 Å². The first-order chi connectivity index (χ1) is 9.30. The Kier molecular flexibility index (Phi) is 4.55. The fourth-order valence-corrected chi connectivity index (χ4v) is 2.22. The Morgan fingerprint density at radius 3 is 3.05 bits per heavy atom. The molecule has 2 heterocycles. The Balaban J connectivity index is 2.20. The van der Waals surface area contributed by atoms with Gasteiger partial charge in [-0.05, 0) is 0 Å². The Labute approximate surface area is 112 Å². The van der Waals surface area contributed by atoms with Crippen LogP contribution < -0.4 is 14.8 Å². The molecule has 1 unspecified atom stereocenters. The van der Waals surface area contributed by atoms with E-state index in [0.29, 0.717) is 24.6 Å². The van der Waals surface area contributed by atoms with Crippen LogP contribution in [0.15, 0.2) is 12.3 Å². The largest absolute Gasteiger partial charge is 0.493 e. The predicted molar refractivity (Wildman–Crippen MR) is 70.0 cm³/mol. The molecule has 6 nitrogen and oxygen atoms in total. The van der Waals surface area contributed by atoms with Crippen LogP contribution in [-0.2, 0) is 6.54 Å². The van der Waals surface area contributed by atoms with Crippen molar-refractivity contribution in [3.8, 4) is 17.6 Å². The van der Waals surface area contributed by atoms with Crippen LogP contribution in [0, 0.1) is 11.3 Å². The maximum atomic E-state index is 9.16. The highest BCUT2D eigenvalue weighted by molar-refractivity contribution is 5.42. The van der Waals surface area contributed by atoms with E-state index in [0.717, 1.165) is 18.8 Å². The molecule has 6 heteroatoms. The van der Waals surface area contributed by atoms with Crippen LogP contribution in [-0.4, -0.2) is 49.8 Å². The lowest BCUT2D eigenvalue weighted by atomic mass is 10.2. The van der Waals surface area contributed by atoms with Crippen LogP contribution in [0.2, 0.25) is 0 Å². The normalized spacial score (nSPS) is 19.7. The van der Waals surface area contributed by atoms with Crippen molar-refractivity contribution in [3.63, 3.8) is 0 Å². The first kappa shape index (κ1) is 13.6. The topological polar surface area (TPSA) is 70.4 Å². The molecular weight excluding hydrogens is 244 g/mol. The summed E-state index contributed by atoms with van der Waals surface area (Å²) in [6.45, 7) is 2.97. The van der Waals surface area contributed by atoms with Crippen LogP contribution in [0.1, 0.15) is 5.69 Å². The second kappa shape index (κ2) is 6.36. The van der Waals surface area contributed by atoms with Gasteiger partial charge in [0, 0.05) is 38.4 Å². The molecule has 0 radical (unpaired) electrons. The van der Waals surface area contributed by atoms with Crippen molar-refractivity contribution in [3.05, 3.63) is 18.0 Å². The molecule has 1 fully saturated rings. The summed E-state index contributed by atoms with van der Waals surface area (Å²) in [4.78, 5) is 6.44. The van der Waals surface area contributed by atoms with Gasteiger partial charge < -0.3 is 14.8 Å². The van der Waals surface area contributed by atoms with E-state index in [2.05, 4.69) is 21.3 Å². The summed E-state index contributed by atoms with van der Waals surface area (Å²) in [5.41, 5.74) is 0.795. The molecule has 0 aliphatic carbocycles. The summed E-state index contributed by atoms with van der Waals surface area (Å²) in [7, 11) is 3.20. The highest BCUT2D eigenvalue weighted by Crippen LogP contribution is 2.30. The monoisotopic (exact) mass is 262 g/mol. The van der Waals surface area contributed by atoms with Crippen LogP contribution in [0.5, 0.6) is 11.5 Å². The zero-order valence-electron chi connectivity index (χ0n) is 11.2. The molecule has 1 aromatic heterocycles. The average Bonchev–Trinajstić information content (AvgIpc) is 2.47. The van der Waals surface area contributed by atoms with Gasteiger partial charge in [-0.1, -0.05) is 0 Å². The number of rotatable bonds is 4. The fraction of sp³-hybridized carbons (Fsp3) is 0.538. The van der Waals surface area contributed by atoms with Crippen molar-refractivity contribution in [1.82, 2.24) is 15.2 Å². The second-order valence-electron chi connectivity index (χ2n) is 4.31. The minimum Gasteiger partial charge on any atom is -0.493 e. The minimum atomic E-state index is -0.133. The van der Waals surface area contributed by atoms with Gasteiger partial charge in [0.1, 0.15) is 11.7 Å². The molecule has 0 bridgehead atoms. The number of hydrogen-bond donors (Lipinski definition) is 1. The summed E-state index contributed by atoms with van der Waals surface area (Å²) in [6, 6.07) is 3.94. The third-order valence-electron chi connectivity index (χ3n) is 3.22. The van der Waals surface area contributed by atoms with Gasteiger partial charge in [0.2, 0.25) is 0 Å². The molecule has 1 atom stereocenters. The summed E-state index contributed by atoms with van der Waals surface area (Å²) in [5.74, 6) is 1.30. The lowest BCUT2D eigenvalue weighted by molar-refractivity contribution is 0.184. The Morgan fingerprint density at radius 2 is 2.37 bits per heavy atom. The van der Waals surface area contributed by atoms with E-state index >= 15 is 0 Å². The number of methoxy groups -OCH3 is 2. The third kappa shape index (κ3) is 2.95. The van der Waals surface area contributed by atoms with Gasteiger partial charge >= 0.3 is 0 Å². The van der Waals surface area contributed by atoms with Gasteiger partial charge in [-0.15, -0.1) is 0 Å². The predicted octanol–water partition coefficient (Wildman–Crippen LogP) is 0.396. The Bertz CT molecular complexity index is 472. The van der Waals surface area contributed by atoms with Gasteiger partial charge in [-0.25, -0.2) is 0 Å². The Hall–Kier alpha value is -1.84. The van der Waals surface area contributed by atoms with E-state index in [4.69, 9.17) is 14.7 Å². The molecule has 1 aliphatic rings. The second-order valence-corrected chi connectivity index (χ2v) is 4.31. The van der Waals surface area contributed by atoms with E-state index in [9.17, 15) is 0 Å². The number of ether oxygens (including phenoxy) is 2. The van der Waals surface area contributed by atoms with E-state index in [1.54, 1.807) is 26.5 Å². The summed E-state index contributed by atoms with van der Waals surface area (Å²) < 4.78 is 10.6. The molecule has 102 valence electrons. The number of hydrogen-bond acceptors (Lipinski definition) is 6. The van der Waals surface area contributed by atoms with Crippen molar-refractivity contribution in [1.29, 1.82) is 5.26 Å². The van der Waals surface area contributed by atoms with Crippen LogP contribution >= 0.6 is 0 Å².